The van der Waals surface area contributed by atoms with Gasteiger partial charge in [0.15, 0.2) is 0 Å². The van der Waals surface area contributed by atoms with E-state index in [1.807, 2.05) is 0 Å². The predicted molar refractivity (Wildman–Crippen MR) is 84.7 cm³/mol. The molecule has 0 spiro atoms. The van der Waals surface area contributed by atoms with E-state index in [1.54, 1.807) is 18.2 Å². The molecule has 1 amide bonds. The van der Waals surface area contributed by atoms with Crippen LogP contribution in [0.4, 0.5) is 0 Å². The summed E-state index contributed by atoms with van der Waals surface area (Å²) >= 11 is 9.30. The maximum absolute atomic E-state index is 12.2. The minimum absolute atomic E-state index is 0.0827. The number of hydrogen-bond acceptors (Lipinski definition) is 1. The van der Waals surface area contributed by atoms with Crippen molar-refractivity contribution in [2.24, 2.45) is 17.8 Å². The van der Waals surface area contributed by atoms with Crippen molar-refractivity contribution in [1.82, 2.24) is 5.32 Å². The Bertz CT molecular complexity index is 438. The number of carbonyl (C=O) groups is 1. The Morgan fingerprint density at radius 1 is 1.26 bits per heavy atom. The molecule has 0 aliphatic rings. The smallest absolute Gasteiger partial charge is 0.252 e. The van der Waals surface area contributed by atoms with Crippen LogP contribution in [0.5, 0.6) is 0 Å². The van der Waals surface area contributed by atoms with Gasteiger partial charge >= 0.3 is 0 Å². The molecule has 0 aliphatic carbocycles. The average molecular weight is 347 g/mol. The molecule has 0 saturated heterocycles. The van der Waals surface area contributed by atoms with Crippen LogP contribution < -0.4 is 5.32 Å². The van der Waals surface area contributed by atoms with Crippen LogP contribution in [0.25, 0.3) is 0 Å². The summed E-state index contributed by atoms with van der Waals surface area (Å²) < 4.78 is 0.764. The number of amides is 1. The summed E-state index contributed by atoms with van der Waals surface area (Å²) in [5, 5.41) is 3.57. The van der Waals surface area contributed by atoms with Crippen LogP contribution in [-0.2, 0) is 0 Å². The molecule has 0 radical (unpaired) electrons. The standard InChI is InChI=1S/C15H21BrClNO/c1-9(2)13(10(3)4)8-18-15(19)12-7-11(17)5-6-14(12)16/h5-7,9-10,13H,8H2,1-4H3,(H,18,19). The molecule has 1 N–H and O–H groups in total. The van der Waals surface area contributed by atoms with Crippen molar-refractivity contribution in [2.45, 2.75) is 27.7 Å². The first kappa shape index (κ1) is 16.5. The quantitative estimate of drug-likeness (QED) is 0.818. The lowest BCUT2D eigenvalue weighted by Gasteiger charge is -2.25. The number of hydrogen-bond donors (Lipinski definition) is 1. The maximum atomic E-state index is 12.2. The third-order valence-electron chi connectivity index (χ3n) is 3.38. The number of nitrogens with one attached hydrogen (secondary N) is 1. The molecular weight excluding hydrogens is 326 g/mol. The molecule has 0 aromatic heterocycles. The summed E-state index contributed by atoms with van der Waals surface area (Å²) in [6, 6.07) is 5.23. The highest BCUT2D eigenvalue weighted by Crippen LogP contribution is 2.22. The van der Waals surface area contributed by atoms with Crippen LogP contribution in [0.1, 0.15) is 38.1 Å². The lowest BCUT2D eigenvalue weighted by Crippen LogP contribution is -2.34. The molecule has 19 heavy (non-hydrogen) atoms. The molecule has 0 unspecified atom stereocenters. The van der Waals surface area contributed by atoms with E-state index < -0.39 is 0 Å². The molecule has 0 bridgehead atoms. The molecule has 0 aliphatic heterocycles. The summed E-state index contributed by atoms with van der Waals surface area (Å²) in [5.41, 5.74) is 0.582. The molecule has 0 saturated carbocycles. The van der Waals surface area contributed by atoms with Crippen LogP contribution in [0.15, 0.2) is 22.7 Å². The second kappa shape index (κ2) is 7.30. The molecule has 0 fully saturated rings. The molecule has 1 aromatic rings. The summed E-state index contributed by atoms with van der Waals surface area (Å²) in [6.07, 6.45) is 0. The van der Waals surface area contributed by atoms with Gasteiger partial charge in [-0.05, 0) is 51.9 Å². The van der Waals surface area contributed by atoms with Crippen molar-refractivity contribution in [3.05, 3.63) is 33.3 Å². The monoisotopic (exact) mass is 345 g/mol. The van der Waals surface area contributed by atoms with E-state index in [4.69, 9.17) is 11.6 Å². The van der Waals surface area contributed by atoms with Crippen molar-refractivity contribution in [3.63, 3.8) is 0 Å². The first-order valence-electron chi connectivity index (χ1n) is 6.56. The van der Waals surface area contributed by atoms with Gasteiger partial charge in [-0.2, -0.15) is 0 Å². The topological polar surface area (TPSA) is 29.1 Å². The van der Waals surface area contributed by atoms with Gasteiger partial charge in [0.2, 0.25) is 0 Å². The Morgan fingerprint density at radius 2 is 1.84 bits per heavy atom. The van der Waals surface area contributed by atoms with Gasteiger partial charge in [0.1, 0.15) is 0 Å². The molecule has 0 atom stereocenters. The van der Waals surface area contributed by atoms with Crippen LogP contribution in [0, 0.1) is 17.8 Å². The van der Waals surface area contributed by atoms with Gasteiger partial charge in [-0.1, -0.05) is 39.3 Å². The third kappa shape index (κ3) is 4.81. The largest absolute Gasteiger partial charge is 0.352 e. The van der Waals surface area contributed by atoms with Crippen molar-refractivity contribution in [3.8, 4) is 0 Å². The van der Waals surface area contributed by atoms with Crippen LogP contribution in [0.3, 0.4) is 0 Å². The fourth-order valence-corrected chi connectivity index (χ4v) is 2.82. The van der Waals surface area contributed by atoms with Gasteiger partial charge in [-0.25, -0.2) is 0 Å². The molecule has 2 nitrogen and oxygen atoms in total. The highest BCUT2D eigenvalue weighted by molar-refractivity contribution is 9.10. The minimum atomic E-state index is -0.0827. The van der Waals surface area contributed by atoms with Gasteiger partial charge in [0.05, 0.1) is 5.56 Å². The highest BCUT2D eigenvalue weighted by Gasteiger charge is 2.19. The van der Waals surface area contributed by atoms with Crippen LogP contribution in [-0.4, -0.2) is 12.5 Å². The minimum Gasteiger partial charge on any atom is -0.352 e. The normalized spacial score (nSPS) is 11.4. The van der Waals surface area contributed by atoms with Gasteiger partial charge < -0.3 is 5.32 Å². The lowest BCUT2D eigenvalue weighted by molar-refractivity contribution is 0.0936. The molecule has 1 aromatic carbocycles. The van der Waals surface area contributed by atoms with Crippen molar-refractivity contribution in [1.29, 1.82) is 0 Å². The Labute approximate surface area is 129 Å². The molecule has 106 valence electrons. The van der Waals surface area contributed by atoms with Crippen molar-refractivity contribution < 1.29 is 4.79 Å². The molecule has 0 heterocycles. The van der Waals surface area contributed by atoms with Gasteiger partial charge in [0.25, 0.3) is 5.91 Å². The number of benzene rings is 1. The van der Waals surface area contributed by atoms with E-state index in [1.165, 1.54) is 0 Å². The fraction of sp³-hybridized carbons (Fsp3) is 0.533. The molecular formula is C15H21BrClNO. The summed E-state index contributed by atoms with van der Waals surface area (Å²) in [7, 11) is 0. The lowest BCUT2D eigenvalue weighted by atomic mass is 9.85. The van der Waals surface area contributed by atoms with E-state index in [2.05, 4.69) is 48.9 Å². The maximum Gasteiger partial charge on any atom is 0.252 e. The highest BCUT2D eigenvalue weighted by atomic mass is 79.9. The van der Waals surface area contributed by atoms with E-state index in [0.717, 1.165) is 4.47 Å². The zero-order chi connectivity index (χ0) is 14.6. The number of carbonyl (C=O) groups excluding carboxylic acids is 1. The predicted octanol–water partition coefficient (Wildman–Crippen LogP) is 4.76. The van der Waals surface area contributed by atoms with Crippen molar-refractivity contribution >= 4 is 33.4 Å². The van der Waals surface area contributed by atoms with Crippen LogP contribution in [0.2, 0.25) is 5.02 Å². The van der Waals surface area contributed by atoms with Gasteiger partial charge in [-0.15, -0.1) is 0 Å². The van der Waals surface area contributed by atoms with E-state index in [0.29, 0.717) is 34.9 Å². The SMILES string of the molecule is CC(C)C(CNC(=O)c1cc(Cl)ccc1Br)C(C)C. The second-order valence-electron chi connectivity index (χ2n) is 5.49. The van der Waals surface area contributed by atoms with E-state index >= 15 is 0 Å². The van der Waals surface area contributed by atoms with Crippen molar-refractivity contribution in [2.75, 3.05) is 6.54 Å². The summed E-state index contributed by atoms with van der Waals surface area (Å²) in [6.45, 7) is 9.43. The van der Waals surface area contributed by atoms with Gasteiger partial charge in [-0.3, -0.25) is 4.79 Å². The Hall–Kier alpha value is -0.540. The summed E-state index contributed by atoms with van der Waals surface area (Å²) in [5.74, 6) is 1.48. The average Bonchev–Trinajstić information content (AvgIpc) is 2.31. The van der Waals surface area contributed by atoms with Crippen LogP contribution >= 0.6 is 27.5 Å². The first-order chi connectivity index (χ1) is 8.82. The Morgan fingerprint density at radius 3 is 2.37 bits per heavy atom. The number of halogens is 2. The summed E-state index contributed by atoms with van der Waals surface area (Å²) in [4.78, 5) is 12.2. The van der Waals surface area contributed by atoms with Gasteiger partial charge in [0, 0.05) is 16.0 Å². The van der Waals surface area contributed by atoms with E-state index in [9.17, 15) is 4.79 Å². The zero-order valence-corrected chi connectivity index (χ0v) is 14.2. The fourth-order valence-electron chi connectivity index (χ4n) is 2.22. The Kier molecular flexibility index (Phi) is 6.34. The second-order valence-corrected chi connectivity index (χ2v) is 6.78. The third-order valence-corrected chi connectivity index (χ3v) is 4.31. The molecule has 4 heteroatoms. The van der Waals surface area contributed by atoms with E-state index in [-0.39, 0.29) is 5.91 Å². The Balaban J connectivity index is 2.72. The number of rotatable bonds is 5. The first-order valence-corrected chi connectivity index (χ1v) is 7.73. The molecule has 1 rings (SSSR count). The zero-order valence-electron chi connectivity index (χ0n) is 11.8.